The van der Waals surface area contributed by atoms with Crippen molar-refractivity contribution in [3.05, 3.63) is 30.1 Å². The van der Waals surface area contributed by atoms with Gasteiger partial charge in [0.1, 0.15) is 5.82 Å². The van der Waals surface area contributed by atoms with Gasteiger partial charge in [-0.3, -0.25) is 9.59 Å². The van der Waals surface area contributed by atoms with E-state index in [-0.39, 0.29) is 29.5 Å². The van der Waals surface area contributed by atoms with Crippen molar-refractivity contribution in [3.63, 3.8) is 0 Å². The van der Waals surface area contributed by atoms with E-state index in [1.807, 2.05) is 20.8 Å². The Balaban J connectivity index is 1.49. The summed E-state index contributed by atoms with van der Waals surface area (Å²) in [5, 5.41) is 0. The third kappa shape index (κ3) is 4.47. The van der Waals surface area contributed by atoms with Crippen LogP contribution in [0.4, 0.5) is 10.1 Å². The molecule has 154 valence electrons. The van der Waals surface area contributed by atoms with Crippen LogP contribution in [-0.2, 0) is 9.59 Å². The first-order valence-corrected chi connectivity index (χ1v) is 10.6. The van der Waals surface area contributed by atoms with Crippen molar-refractivity contribution in [2.45, 2.75) is 39.5 Å². The predicted molar refractivity (Wildman–Crippen MR) is 109 cm³/mol. The average molecular weight is 390 g/mol. The van der Waals surface area contributed by atoms with Crippen molar-refractivity contribution in [2.24, 2.45) is 11.8 Å². The molecule has 5 nitrogen and oxygen atoms in total. The molecule has 0 aliphatic carbocycles. The van der Waals surface area contributed by atoms with E-state index in [0.717, 1.165) is 25.7 Å². The number of piperidine rings is 1. The summed E-state index contributed by atoms with van der Waals surface area (Å²) in [6.07, 6.45) is 3.25. The molecular weight excluding hydrogens is 357 g/mol. The predicted octanol–water partition coefficient (Wildman–Crippen LogP) is 3.15. The highest BCUT2D eigenvalue weighted by atomic mass is 19.1. The topological polar surface area (TPSA) is 43.9 Å². The Hall–Kier alpha value is -2.11. The molecule has 0 aromatic heterocycles. The minimum atomic E-state index is -0.211. The standard InChI is InChI=1S/C22H32FN3O2/c1-3-17(4-2)21(27)25-11-9-18(10-12-25)22(28)26-15-13-24(14-16-26)20-8-6-5-7-19(20)23/h5-8,17-18H,3-4,9-16H2,1-2H3. The summed E-state index contributed by atoms with van der Waals surface area (Å²) < 4.78 is 14.0. The molecule has 2 fully saturated rings. The average Bonchev–Trinajstić information content (AvgIpc) is 2.74. The third-order valence-electron chi connectivity index (χ3n) is 6.28. The van der Waals surface area contributed by atoms with Gasteiger partial charge in [-0.05, 0) is 37.8 Å². The number of hydrogen-bond donors (Lipinski definition) is 0. The summed E-state index contributed by atoms with van der Waals surface area (Å²) in [6, 6.07) is 6.80. The Labute approximate surface area is 167 Å². The van der Waals surface area contributed by atoms with Gasteiger partial charge in [-0.15, -0.1) is 0 Å². The van der Waals surface area contributed by atoms with E-state index in [4.69, 9.17) is 0 Å². The summed E-state index contributed by atoms with van der Waals surface area (Å²) in [7, 11) is 0. The van der Waals surface area contributed by atoms with Gasteiger partial charge in [0, 0.05) is 51.1 Å². The highest BCUT2D eigenvalue weighted by molar-refractivity contribution is 5.81. The molecule has 1 aromatic carbocycles. The number of anilines is 1. The Kier molecular flexibility index (Phi) is 6.92. The molecule has 0 N–H and O–H groups in total. The number of amides is 2. The lowest BCUT2D eigenvalue weighted by molar-refractivity contribution is -0.143. The SMILES string of the molecule is CCC(CC)C(=O)N1CCC(C(=O)N2CCN(c3ccccc3F)CC2)CC1. The molecule has 28 heavy (non-hydrogen) atoms. The Morgan fingerprint density at radius 2 is 1.57 bits per heavy atom. The number of rotatable bonds is 5. The van der Waals surface area contributed by atoms with Gasteiger partial charge >= 0.3 is 0 Å². The molecule has 6 heteroatoms. The lowest BCUT2D eigenvalue weighted by atomic mass is 9.93. The number of para-hydroxylation sites is 1. The van der Waals surface area contributed by atoms with Crippen LogP contribution in [-0.4, -0.2) is 60.9 Å². The van der Waals surface area contributed by atoms with Crippen molar-refractivity contribution in [2.75, 3.05) is 44.2 Å². The van der Waals surface area contributed by atoms with E-state index in [0.29, 0.717) is 45.0 Å². The van der Waals surface area contributed by atoms with Crippen LogP contribution >= 0.6 is 0 Å². The second-order valence-corrected chi connectivity index (χ2v) is 7.88. The maximum absolute atomic E-state index is 14.0. The lowest BCUT2D eigenvalue weighted by Gasteiger charge is -2.39. The number of carbonyl (C=O) groups excluding carboxylic acids is 2. The van der Waals surface area contributed by atoms with E-state index in [9.17, 15) is 14.0 Å². The van der Waals surface area contributed by atoms with E-state index >= 15 is 0 Å². The zero-order chi connectivity index (χ0) is 20.1. The fourth-order valence-corrected chi connectivity index (χ4v) is 4.38. The second kappa shape index (κ2) is 9.39. The zero-order valence-electron chi connectivity index (χ0n) is 17.1. The number of hydrogen-bond acceptors (Lipinski definition) is 3. The largest absolute Gasteiger partial charge is 0.366 e. The number of benzene rings is 1. The fourth-order valence-electron chi connectivity index (χ4n) is 4.38. The molecule has 2 amide bonds. The summed E-state index contributed by atoms with van der Waals surface area (Å²) in [6.45, 7) is 8.03. The van der Waals surface area contributed by atoms with Crippen LogP contribution < -0.4 is 4.90 Å². The van der Waals surface area contributed by atoms with Gasteiger partial charge in [-0.1, -0.05) is 26.0 Å². The van der Waals surface area contributed by atoms with Crippen LogP contribution in [0.1, 0.15) is 39.5 Å². The molecule has 0 radical (unpaired) electrons. The normalized spacial score (nSPS) is 18.6. The monoisotopic (exact) mass is 389 g/mol. The van der Waals surface area contributed by atoms with Crippen molar-refractivity contribution < 1.29 is 14.0 Å². The molecule has 3 rings (SSSR count). The molecular formula is C22H32FN3O2. The first kappa shape index (κ1) is 20.6. The summed E-state index contributed by atoms with van der Waals surface area (Å²) in [5.41, 5.74) is 0.614. The van der Waals surface area contributed by atoms with Crippen LogP contribution in [0.2, 0.25) is 0 Å². The zero-order valence-corrected chi connectivity index (χ0v) is 17.1. The van der Waals surface area contributed by atoms with Gasteiger partial charge in [0.25, 0.3) is 0 Å². The van der Waals surface area contributed by atoms with Crippen LogP contribution in [0.5, 0.6) is 0 Å². The number of nitrogens with zero attached hydrogens (tertiary/aromatic N) is 3. The smallest absolute Gasteiger partial charge is 0.225 e. The first-order valence-electron chi connectivity index (χ1n) is 10.6. The Morgan fingerprint density at radius 3 is 2.14 bits per heavy atom. The molecule has 2 aliphatic rings. The van der Waals surface area contributed by atoms with Gasteiger partial charge in [-0.2, -0.15) is 0 Å². The van der Waals surface area contributed by atoms with E-state index in [2.05, 4.69) is 13.8 Å². The third-order valence-corrected chi connectivity index (χ3v) is 6.28. The molecule has 0 saturated carbocycles. The lowest BCUT2D eigenvalue weighted by Crippen LogP contribution is -2.52. The fraction of sp³-hybridized carbons (Fsp3) is 0.636. The van der Waals surface area contributed by atoms with Crippen molar-refractivity contribution >= 4 is 17.5 Å². The molecule has 2 heterocycles. The first-order chi connectivity index (χ1) is 13.5. The summed E-state index contributed by atoms with van der Waals surface area (Å²) >= 11 is 0. The highest BCUT2D eigenvalue weighted by Gasteiger charge is 2.33. The minimum Gasteiger partial charge on any atom is -0.366 e. The summed E-state index contributed by atoms with van der Waals surface area (Å²) in [5.74, 6) is 0.346. The number of likely N-dealkylation sites (tertiary alicyclic amines) is 1. The van der Waals surface area contributed by atoms with Crippen LogP contribution in [0.25, 0.3) is 0 Å². The number of halogens is 1. The van der Waals surface area contributed by atoms with Gasteiger partial charge < -0.3 is 14.7 Å². The molecule has 0 bridgehead atoms. The van der Waals surface area contributed by atoms with E-state index in [1.165, 1.54) is 6.07 Å². The van der Waals surface area contributed by atoms with Gasteiger partial charge in [0.15, 0.2) is 0 Å². The molecule has 1 aromatic rings. The van der Waals surface area contributed by atoms with Crippen LogP contribution in [0.3, 0.4) is 0 Å². The highest BCUT2D eigenvalue weighted by Crippen LogP contribution is 2.25. The van der Waals surface area contributed by atoms with Crippen molar-refractivity contribution in [3.8, 4) is 0 Å². The van der Waals surface area contributed by atoms with Crippen molar-refractivity contribution in [1.82, 2.24) is 9.80 Å². The maximum Gasteiger partial charge on any atom is 0.225 e. The number of piperazine rings is 1. The molecule has 2 saturated heterocycles. The molecule has 2 aliphatic heterocycles. The quantitative estimate of drug-likeness (QED) is 0.777. The number of carbonyl (C=O) groups is 2. The van der Waals surface area contributed by atoms with E-state index in [1.54, 1.807) is 12.1 Å². The molecule has 0 atom stereocenters. The van der Waals surface area contributed by atoms with Crippen LogP contribution in [0.15, 0.2) is 24.3 Å². The van der Waals surface area contributed by atoms with Gasteiger partial charge in [-0.25, -0.2) is 4.39 Å². The Morgan fingerprint density at radius 1 is 0.964 bits per heavy atom. The maximum atomic E-state index is 14.0. The molecule has 0 unspecified atom stereocenters. The van der Waals surface area contributed by atoms with Gasteiger partial charge in [0.05, 0.1) is 5.69 Å². The van der Waals surface area contributed by atoms with Crippen molar-refractivity contribution in [1.29, 1.82) is 0 Å². The van der Waals surface area contributed by atoms with Gasteiger partial charge in [0.2, 0.25) is 11.8 Å². The van der Waals surface area contributed by atoms with E-state index < -0.39 is 0 Å². The Bertz CT molecular complexity index is 676. The molecule has 0 spiro atoms. The second-order valence-electron chi connectivity index (χ2n) is 7.88. The van der Waals surface area contributed by atoms with Crippen LogP contribution in [0, 0.1) is 17.7 Å². The minimum absolute atomic E-state index is 0.00534. The summed E-state index contributed by atoms with van der Waals surface area (Å²) in [4.78, 5) is 31.3.